The van der Waals surface area contributed by atoms with E-state index in [4.69, 9.17) is 13.9 Å². The molecule has 0 spiro atoms. The van der Waals surface area contributed by atoms with Gasteiger partial charge in [-0.15, -0.1) is 0 Å². The van der Waals surface area contributed by atoms with E-state index >= 15 is 0 Å². The fraction of sp³-hybridized carbons (Fsp3) is 0.500. The van der Waals surface area contributed by atoms with Crippen molar-refractivity contribution in [2.45, 2.75) is 58.2 Å². The lowest BCUT2D eigenvalue weighted by Gasteiger charge is -2.32. The number of hydrogen-bond donors (Lipinski definition) is 0. The number of carbonyl (C=O) groups excluding carboxylic acids is 1. The second-order valence-corrected chi connectivity index (χ2v) is 8.07. The second kappa shape index (κ2) is 6.87. The highest BCUT2D eigenvalue weighted by Gasteiger charge is 2.36. The van der Waals surface area contributed by atoms with E-state index in [9.17, 15) is 9.59 Å². The van der Waals surface area contributed by atoms with Crippen LogP contribution < -0.4 is 15.1 Å². The van der Waals surface area contributed by atoms with Crippen LogP contribution in [-0.2, 0) is 12.8 Å². The van der Waals surface area contributed by atoms with Gasteiger partial charge in [-0.1, -0.05) is 29.5 Å². The number of halogens is 1. The Morgan fingerprint density at radius 2 is 2.04 bits per heavy atom. The largest absolute Gasteiger partial charge is 0.489 e. The molecule has 5 nitrogen and oxygen atoms in total. The number of ether oxygens (including phenoxy) is 2. The normalized spacial score (nSPS) is 21.7. The van der Waals surface area contributed by atoms with E-state index < -0.39 is 5.63 Å². The van der Waals surface area contributed by atoms with Crippen molar-refractivity contribution in [3.8, 4) is 11.5 Å². The van der Waals surface area contributed by atoms with Crippen LogP contribution in [-0.4, -0.2) is 22.4 Å². The van der Waals surface area contributed by atoms with E-state index in [0.717, 1.165) is 52.4 Å². The van der Waals surface area contributed by atoms with Crippen LogP contribution in [0.2, 0.25) is 0 Å². The van der Waals surface area contributed by atoms with Gasteiger partial charge in [-0.25, -0.2) is 4.79 Å². The molecule has 0 saturated heterocycles. The molecule has 1 aromatic carbocycles. The number of carbonyl (C=O) groups is 1. The molecule has 0 amide bonds. The fourth-order valence-corrected chi connectivity index (χ4v) is 4.52. The summed E-state index contributed by atoms with van der Waals surface area (Å²) < 4.78 is 18.8. The number of fused-ring (bicyclic) bond motifs is 6. The van der Waals surface area contributed by atoms with Crippen molar-refractivity contribution >= 4 is 39.3 Å². The van der Waals surface area contributed by atoms with Crippen LogP contribution >= 0.6 is 22.6 Å². The van der Waals surface area contributed by atoms with Crippen molar-refractivity contribution in [2.75, 3.05) is 4.43 Å². The minimum atomic E-state index is -0.436. The molecule has 0 saturated carbocycles. The van der Waals surface area contributed by atoms with Gasteiger partial charge < -0.3 is 13.9 Å². The van der Waals surface area contributed by atoms with Gasteiger partial charge in [0, 0.05) is 22.5 Å². The van der Waals surface area contributed by atoms with Crippen LogP contribution in [0.25, 0.3) is 11.0 Å². The first kappa shape index (κ1) is 17.8. The maximum atomic E-state index is 12.8. The van der Waals surface area contributed by atoms with Gasteiger partial charge in [-0.2, -0.15) is 0 Å². The van der Waals surface area contributed by atoms with Gasteiger partial charge in [0.15, 0.2) is 11.4 Å². The third-order valence-corrected chi connectivity index (χ3v) is 5.70. The number of aryl methyl sites for hydroxylation is 1. The van der Waals surface area contributed by atoms with Crippen molar-refractivity contribution in [2.24, 2.45) is 0 Å². The SMILES string of the molecule is CCC1CCc2c3c(c4oc(=O)cc(CCI)c4c2O1)C(=O)CC(C)O3. The predicted octanol–water partition coefficient (Wildman–Crippen LogP) is 4.23. The van der Waals surface area contributed by atoms with E-state index in [1.54, 1.807) is 0 Å². The monoisotopic (exact) mass is 468 g/mol. The van der Waals surface area contributed by atoms with Crippen LogP contribution in [0.5, 0.6) is 11.5 Å². The van der Waals surface area contributed by atoms with Crippen LogP contribution in [0.1, 0.15) is 54.6 Å². The zero-order valence-electron chi connectivity index (χ0n) is 14.9. The predicted molar refractivity (Wildman–Crippen MR) is 107 cm³/mol. The highest BCUT2D eigenvalue weighted by atomic mass is 127. The number of alkyl halides is 1. The Labute approximate surface area is 165 Å². The van der Waals surface area contributed by atoms with Crippen molar-refractivity contribution in [1.82, 2.24) is 0 Å². The molecule has 0 radical (unpaired) electrons. The molecule has 2 atom stereocenters. The minimum absolute atomic E-state index is 0.0288. The Hall–Kier alpha value is -1.57. The Kier molecular flexibility index (Phi) is 4.71. The van der Waals surface area contributed by atoms with Crippen molar-refractivity contribution in [1.29, 1.82) is 0 Å². The summed E-state index contributed by atoms with van der Waals surface area (Å²) in [6.45, 7) is 3.99. The molecule has 2 aliphatic heterocycles. The van der Waals surface area contributed by atoms with Gasteiger partial charge in [0.05, 0.1) is 11.5 Å². The molecule has 0 N–H and O–H groups in total. The average Bonchev–Trinajstić information content (AvgIpc) is 2.60. The Bertz CT molecular complexity index is 946. The van der Waals surface area contributed by atoms with E-state index in [-0.39, 0.29) is 18.0 Å². The van der Waals surface area contributed by atoms with E-state index in [2.05, 4.69) is 29.5 Å². The van der Waals surface area contributed by atoms with Gasteiger partial charge in [0.25, 0.3) is 0 Å². The van der Waals surface area contributed by atoms with E-state index in [1.807, 2.05) is 6.92 Å². The summed E-state index contributed by atoms with van der Waals surface area (Å²) in [5.41, 5.74) is 2.14. The van der Waals surface area contributed by atoms with E-state index in [0.29, 0.717) is 23.3 Å². The topological polar surface area (TPSA) is 65.7 Å². The lowest BCUT2D eigenvalue weighted by Crippen LogP contribution is -2.29. The smallest absolute Gasteiger partial charge is 0.336 e. The molecule has 2 aliphatic rings. The first-order valence-electron chi connectivity index (χ1n) is 9.11. The second-order valence-electron chi connectivity index (χ2n) is 6.99. The first-order chi connectivity index (χ1) is 12.5. The number of rotatable bonds is 3. The summed E-state index contributed by atoms with van der Waals surface area (Å²) in [5.74, 6) is 1.27. The number of benzene rings is 1. The minimum Gasteiger partial charge on any atom is -0.489 e. The molecule has 2 unspecified atom stereocenters. The van der Waals surface area contributed by atoms with Gasteiger partial charge in [-0.05, 0) is 38.2 Å². The standard InChI is InChI=1S/C20H21IO5/c1-3-12-4-5-13-18(25-12)16-11(6-7-21)9-15(23)26-20(16)17-14(22)8-10(2)24-19(13)17/h9-10,12H,3-8H2,1-2H3. The average molecular weight is 468 g/mol. The maximum absolute atomic E-state index is 12.8. The van der Waals surface area contributed by atoms with Gasteiger partial charge in [0.1, 0.15) is 23.2 Å². The Morgan fingerprint density at radius 1 is 1.23 bits per heavy atom. The number of ketones is 1. The Morgan fingerprint density at radius 3 is 2.77 bits per heavy atom. The maximum Gasteiger partial charge on any atom is 0.336 e. The molecule has 138 valence electrons. The molecular weight excluding hydrogens is 447 g/mol. The highest BCUT2D eigenvalue weighted by Crippen LogP contribution is 2.48. The molecule has 6 heteroatoms. The molecule has 1 aromatic heterocycles. The lowest BCUT2D eigenvalue weighted by molar-refractivity contribution is 0.0865. The third-order valence-electron chi connectivity index (χ3n) is 5.16. The summed E-state index contributed by atoms with van der Waals surface area (Å²) in [6, 6.07) is 1.53. The van der Waals surface area contributed by atoms with Crippen molar-refractivity contribution in [3.05, 3.63) is 33.2 Å². The highest BCUT2D eigenvalue weighted by molar-refractivity contribution is 14.1. The summed E-state index contributed by atoms with van der Waals surface area (Å²) in [5, 5.41) is 0.777. The van der Waals surface area contributed by atoms with Gasteiger partial charge in [-0.3, -0.25) is 4.79 Å². The van der Waals surface area contributed by atoms with Crippen molar-refractivity contribution in [3.63, 3.8) is 0 Å². The fourth-order valence-electron chi connectivity index (χ4n) is 3.94. The van der Waals surface area contributed by atoms with Crippen molar-refractivity contribution < 1.29 is 18.7 Å². The molecule has 3 heterocycles. The third kappa shape index (κ3) is 2.82. The summed E-state index contributed by atoms with van der Waals surface area (Å²) >= 11 is 2.29. The summed E-state index contributed by atoms with van der Waals surface area (Å²) in [6.07, 6.45) is 3.55. The molecular formula is C20H21IO5. The molecule has 0 aliphatic carbocycles. The zero-order chi connectivity index (χ0) is 18.4. The number of hydrogen-bond acceptors (Lipinski definition) is 5. The molecule has 0 bridgehead atoms. The van der Waals surface area contributed by atoms with E-state index in [1.165, 1.54) is 6.07 Å². The quantitative estimate of drug-likeness (QED) is 0.384. The van der Waals surface area contributed by atoms with Crippen LogP contribution in [0.4, 0.5) is 0 Å². The Balaban J connectivity index is 2.11. The molecule has 26 heavy (non-hydrogen) atoms. The summed E-state index contributed by atoms with van der Waals surface area (Å²) in [7, 11) is 0. The molecule has 2 aromatic rings. The van der Waals surface area contributed by atoms with Crippen LogP contribution in [0, 0.1) is 0 Å². The lowest BCUT2D eigenvalue weighted by atomic mass is 9.89. The number of Topliss-reactive ketones (excluding diaryl/α,β-unsaturated/α-hetero) is 1. The van der Waals surface area contributed by atoms with Crippen LogP contribution in [0.15, 0.2) is 15.3 Å². The molecule has 0 fully saturated rings. The van der Waals surface area contributed by atoms with Gasteiger partial charge >= 0.3 is 5.63 Å². The first-order valence-corrected chi connectivity index (χ1v) is 10.6. The zero-order valence-corrected chi connectivity index (χ0v) is 17.1. The van der Waals surface area contributed by atoms with Crippen LogP contribution in [0.3, 0.4) is 0 Å². The molecule has 4 rings (SSSR count). The van der Waals surface area contributed by atoms with Gasteiger partial charge in [0.2, 0.25) is 0 Å². The summed E-state index contributed by atoms with van der Waals surface area (Å²) in [4.78, 5) is 25.0.